The average Bonchev–Trinajstić information content (AvgIpc) is 3.57. The quantitative estimate of drug-likeness (QED) is 0.164. The molecule has 0 bridgehead atoms. The maximum absolute atomic E-state index is 7.57. The molecule has 6 aromatic carbocycles. The number of furan rings is 1. The van der Waals surface area contributed by atoms with Gasteiger partial charge in [-0.25, -0.2) is 0 Å². The van der Waals surface area contributed by atoms with Gasteiger partial charge in [0.15, 0.2) is 0 Å². The first-order valence-corrected chi connectivity index (χ1v) is 21.3. The van der Waals surface area contributed by atoms with Crippen molar-refractivity contribution < 1.29 is 4.42 Å². The second-order valence-electron chi connectivity index (χ2n) is 20.5. The molecule has 1 aliphatic carbocycles. The Balaban J connectivity index is 1.31. The molecule has 4 heterocycles. The number of fused-ring (bicyclic) bond motifs is 9. The summed E-state index contributed by atoms with van der Waals surface area (Å²) in [5.41, 5.74) is 22.5. The predicted octanol–water partition coefficient (Wildman–Crippen LogP) is 13.4. The van der Waals surface area contributed by atoms with Crippen molar-refractivity contribution in [1.29, 1.82) is 0 Å². The minimum atomic E-state index is -0.171. The summed E-state index contributed by atoms with van der Waals surface area (Å²) in [6.45, 7) is 23.6. The van der Waals surface area contributed by atoms with Gasteiger partial charge in [0.2, 0.25) is 0 Å². The molecule has 0 N–H and O–H groups in total. The van der Waals surface area contributed by atoms with Crippen LogP contribution in [0.1, 0.15) is 109 Å². The molecule has 0 radical (unpaired) electrons. The molecule has 0 saturated heterocycles. The van der Waals surface area contributed by atoms with Gasteiger partial charge < -0.3 is 14.1 Å². The fourth-order valence-corrected chi connectivity index (χ4v) is 11.1. The third-order valence-electron chi connectivity index (χ3n) is 14.5. The van der Waals surface area contributed by atoms with Crippen LogP contribution in [0.5, 0.6) is 0 Å². The van der Waals surface area contributed by atoms with Gasteiger partial charge in [-0.2, -0.15) is 0 Å². The SMILES string of the molecule is Cc1cc2c3c(c1)N(c1ccc(C(C)(C)C)cc1-c1ccccc1)c1c(oc4cc5c(cc14)C(C)(C)CCC5(C)C)B3N1c3ccccc3C(C)(C)c3cccc-2c31. The molecule has 3 nitrogen and oxygen atoms in total. The van der Waals surface area contributed by atoms with Crippen molar-refractivity contribution in [2.24, 2.45) is 0 Å². The van der Waals surface area contributed by atoms with Crippen molar-refractivity contribution in [3.63, 3.8) is 0 Å². The number of anilines is 5. The van der Waals surface area contributed by atoms with E-state index in [1.807, 2.05) is 0 Å². The highest BCUT2D eigenvalue weighted by Gasteiger charge is 2.53. The first-order chi connectivity index (χ1) is 27.6. The Labute approximate surface area is 344 Å². The van der Waals surface area contributed by atoms with Gasteiger partial charge in [0.25, 0.3) is 0 Å². The monoisotopic (exact) mass is 756 g/mol. The van der Waals surface area contributed by atoms with Crippen molar-refractivity contribution in [2.45, 2.75) is 104 Å². The van der Waals surface area contributed by atoms with Crippen molar-refractivity contribution in [3.05, 3.63) is 149 Å². The zero-order valence-electron chi connectivity index (χ0n) is 35.8. The van der Waals surface area contributed by atoms with Crippen LogP contribution in [0.15, 0.2) is 120 Å². The molecule has 4 heteroatoms. The Kier molecular flexibility index (Phi) is 7.13. The van der Waals surface area contributed by atoms with E-state index in [0.29, 0.717) is 0 Å². The van der Waals surface area contributed by atoms with Gasteiger partial charge in [0.1, 0.15) is 11.2 Å². The Hall–Kier alpha value is -5.48. The molecule has 0 saturated carbocycles. The van der Waals surface area contributed by atoms with Gasteiger partial charge in [-0.1, -0.05) is 141 Å². The van der Waals surface area contributed by atoms with E-state index in [4.69, 9.17) is 4.42 Å². The highest BCUT2D eigenvalue weighted by molar-refractivity contribution is 6.93. The van der Waals surface area contributed by atoms with Gasteiger partial charge in [0.05, 0.1) is 11.4 Å². The molecule has 0 spiro atoms. The molecule has 3 aliphatic heterocycles. The van der Waals surface area contributed by atoms with E-state index >= 15 is 0 Å². The highest BCUT2D eigenvalue weighted by Crippen LogP contribution is 2.58. The van der Waals surface area contributed by atoms with Gasteiger partial charge in [-0.3, -0.25) is 0 Å². The largest absolute Gasteiger partial charge is 0.466 e. The fraction of sp³-hybridized carbons (Fsp3) is 0.296. The van der Waals surface area contributed by atoms with Gasteiger partial charge in [-0.05, 0) is 122 Å². The molecular formula is C54H53BN2O. The maximum Gasteiger partial charge on any atom is 0.375 e. The van der Waals surface area contributed by atoms with E-state index in [-0.39, 0.29) is 28.5 Å². The van der Waals surface area contributed by atoms with Crippen LogP contribution >= 0.6 is 0 Å². The van der Waals surface area contributed by atoms with Crippen LogP contribution < -0.4 is 20.8 Å². The minimum Gasteiger partial charge on any atom is -0.466 e. The number of nitrogens with zero attached hydrogens (tertiary/aromatic N) is 2. The molecule has 0 unspecified atom stereocenters. The van der Waals surface area contributed by atoms with Crippen molar-refractivity contribution in [3.8, 4) is 22.3 Å². The third kappa shape index (κ3) is 4.75. The lowest BCUT2D eigenvalue weighted by molar-refractivity contribution is 0.332. The molecule has 58 heavy (non-hydrogen) atoms. The van der Waals surface area contributed by atoms with Gasteiger partial charge in [0, 0.05) is 39.0 Å². The van der Waals surface area contributed by atoms with Gasteiger partial charge in [-0.15, -0.1) is 0 Å². The lowest BCUT2D eigenvalue weighted by Gasteiger charge is -2.50. The Morgan fingerprint density at radius 2 is 1.28 bits per heavy atom. The summed E-state index contributed by atoms with van der Waals surface area (Å²) in [5, 5.41) is 1.19. The molecule has 0 fully saturated rings. The third-order valence-corrected chi connectivity index (χ3v) is 14.5. The Morgan fingerprint density at radius 1 is 0.586 bits per heavy atom. The average molecular weight is 757 g/mol. The summed E-state index contributed by atoms with van der Waals surface area (Å²) in [6, 6.07) is 44.1. The lowest BCUT2D eigenvalue weighted by Crippen LogP contribution is -2.62. The number of hydrogen-bond acceptors (Lipinski definition) is 3. The van der Waals surface area contributed by atoms with Crippen LogP contribution in [0.2, 0.25) is 0 Å². The van der Waals surface area contributed by atoms with E-state index < -0.39 is 0 Å². The number of para-hydroxylation sites is 2. The van der Waals surface area contributed by atoms with Crippen LogP contribution in [0.4, 0.5) is 28.4 Å². The number of hydrogen-bond donors (Lipinski definition) is 0. The van der Waals surface area contributed by atoms with Crippen LogP contribution in [0, 0.1) is 6.92 Å². The first kappa shape index (κ1) is 35.7. The topological polar surface area (TPSA) is 19.6 Å². The van der Waals surface area contributed by atoms with E-state index in [9.17, 15) is 0 Å². The molecule has 0 atom stereocenters. The summed E-state index contributed by atoms with van der Waals surface area (Å²) in [4.78, 5) is 5.25. The summed E-state index contributed by atoms with van der Waals surface area (Å²) in [7, 11) is 0. The molecule has 1 aromatic heterocycles. The van der Waals surface area contributed by atoms with Crippen molar-refractivity contribution >= 4 is 57.4 Å². The van der Waals surface area contributed by atoms with E-state index in [2.05, 4.69) is 194 Å². The number of rotatable bonds is 2. The zero-order valence-corrected chi connectivity index (χ0v) is 35.8. The Morgan fingerprint density at radius 3 is 2.02 bits per heavy atom. The predicted molar refractivity (Wildman–Crippen MR) is 246 cm³/mol. The van der Waals surface area contributed by atoms with Crippen molar-refractivity contribution in [2.75, 3.05) is 9.71 Å². The summed E-state index contributed by atoms with van der Waals surface area (Å²) >= 11 is 0. The number of aryl methyl sites for hydroxylation is 1. The van der Waals surface area contributed by atoms with Crippen LogP contribution in [0.3, 0.4) is 0 Å². The first-order valence-electron chi connectivity index (χ1n) is 21.3. The molecule has 7 aromatic rings. The van der Waals surface area contributed by atoms with Gasteiger partial charge >= 0.3 is 6.85 Å². The van der Waals surface area contributed by atoms with E-state index in [0.717, 1.165) is 29.8 Å². The number of benzene rings is 6. The fourth-order valence-electron chi connectivity index (χ4n) is 11.1. The van der Waals surface area contributed by atoms with Crippen LogP contribution in [0.25, 0.3) is 33.2 Å². The molecular weight excluding hydrogens is 703 g/mol. The summed E-state index contributed by atoms with van der Waals surface area (Å²) in [5.74, 6) is 0. The summed E-state index contributed by atoms with van der Waals surface area (Å²) in [6.07, 6.45) is 2.31. The molecule has 0 amide bonds. The van der Waals surface area contributed by atoms with E-state index in [1.165, 1.54) is 89.2 Å². The zero-order chi connectivity index (χ0) is 40.3. The smallest absolute Gasteiger partial charge is 0.375 e. The summed E-state index contributed by atoms with van der Waals surface area (Å²) < 4.78 is 7.57. The normalized spacial score (nSPS) is 17.7. The molecule has 11 rings (SSSR count). The minimum absolute atomic E-state index is 0.0145. The van der Waals surface area contributed by atoms with Crippen LogP contribution in [-0.2, 0) is 21.7 Å². The Bertz CT molecular complexity index is 2890. The molecule has 288 valence electrons. The van der Waals surface area contributed by atoms with E-state index in [1.54, 1.807) is 0 Å². The van der Waals surface area contributed by atoms with Crippen molar-refractivity contribution in [1.82, 2.24) is 0 Å². The molecule has 4 aliphatic rings. The van der Waals surface area contributed by atoms with Crippen LogP contribution in [-0.4, -0.2) is 6.85 Å². The standard InChI is InChI=1S/C54H53BN2O/c1-32-27-37-35-19-16-21-40-48(35)57(44-22-15-14-20-39(44)54(40,9)10)55-47(37)45(28-32)56(43-24-23-34(51(2,3)4)29-36(43)33-17-12-11-13-18-33)49-38-30-41-42(31-46(38)58-50(49)55)53(7,8)26-25-52(41,5)6/h11-24,27-31H,25-26H2,1-10H3. The maximum atomic E-state index is 7.57. The highest BCUT2D eigenvalue weighted by atomic mass is 16.3. The second-order valence-corrected chi connectivity index (χ2v) is 20.5. The lowest BCUT2D eigenvalue weighted by atomic mass is 9.44. The second kappa shape index (κ2) is 11.6.